The van der Waals surface area contributed by atoms with Crippen LogP contribution in [-0.4, -0.2) is 58.2 Å². The molecule has 1 saturated heterocycles. The number of nitrogens with one attached hydrogen (secondary N) is 1. The molecule has 0 aliphatic carbocycles. The molecule has 9 heteroatoms. The van der Waals surface area contributed by atoms with Crippen LogP contribution >= 0.6 is 11.6 Å². The van der Waals surface area contributed by atoms with Crippen molar-refractivity contribution in [2.45, 2.75) is 31.7 Å². The number of hydrogen-bond acceptors (Lipinski definition) is 5. The summed E-state index contributed by atoms with van der Waals surface area (Å²) in [5, 5.41) is 20.4. The number of piperidine rings is 1. The van der Waals surface area contributed by atoms with E-state index in [0.717, 1.165) is 16.0 Å². The molecule has 0 aromatic carbocycles. The summed E-state index contributed by atoms with van der Waals surface area (Å²) in [4.78, 5) is 12.1. The maximum Gasteiger partial charge on any atom is 0.407 e. The second kappa shape index (κ2) is 6.21. The molecule has 2 N–H and O–H groups in total. The standard InChI is InChI=1S/C13H16ClFN4O3/c14-11-10-6-22-2-1-9(10)12(18-17-11)16-8-3-7(15)4-19(5-8)13(20)21/h7-8H,1-6H2,(H,16,18)(H,20,21)/t7-,8-/m1/s1. The van der Waals surface area contributed by atoms with E-state index in [4.69, 9.17) is 21.4 Å². The minimum absolute atomic E-state index is 0.0915. The van der Waals surface area contributed by atoms with Crippen LogP contribution in [-0.2, 0) is 17.8 Å². The number of halogens is 2. The molecule has 3 heterocycles. The Labute approximate surface area is 131 Å². The molecule has 0 unspecified atom stereocenters. The first-order valence-corrected chi connectivity index (χ1v) is 7.42. The number of amides is 1. The number of rotatable bonds is 2. The van der Waals surface area contributed by atoms with E-state index in [2.05, 4.69) is 15.5 Å². The molecular formula is C13H16ClFN4O3. The summed E-state index contributed by atoms with van der Waals surface area (Å²) >= 11 is 6.02. The van der Waals surface area contributed by atoms with E-state index in [1.54, 1.807) is 0 Å². The first kappa shape index (κ1) is 15.2. The topological polar surface area (TPSA) is 87.6 Å². The second-order valence-corrected chi connectivity index (χ2v) is 5.82. The molecular weight excluding hydrogens is 315 g/mol. The molecule has 2 aliphatic heterocycles. The molecule has 0 radical (unpaired) electrons. The summed E-state index contributed by atoms with van der Waals surface area (Å²) in [5.41, 5.74) is 1.70. The van der Waals surface area contributed by atoms with Crippen molar-refractivity contribution in [1.29, 1.82) is 0 Å². The third kappa shape index (κ3) is 3.07. The Kier molecular flexibility index (Phi) is 4.30. The molecule has 3 rings (SSSR count). The molecule has 1 aromatic heterocycles. The van der Waals surface area contributed by atoms with Gasteiger partial charge in [0.05, 0.1) is 19.8 Å². The summed E-state index contributed by atoms with van der Waals surface area (Å²) in [6, 6.07) is -0.345. The summed E-state index contributed by atoms with van der Waals surface area (Å²) in [7, 11) is 0. The van der Waals surface area contributed by atoms with Gasteiger partial charge >= 0.3 is 6.09 Å². The third-order valence-corrected chi connectivity index (χ3v) is 4.19. The zero-order valence-corrected chi connectivity index (χ0v) is 12.5. The van der Waals surface area contributed by atoms with Gasteiger partial charge in [-0.1, -0.05) is 11.6 Å². The zero-order chi connectivity index (χ0) is 15.7. The highest BCUT2D eigenvalue weighted by Crippen LogP contribution is 2.28. The van der Waals surface area contributed by atoms with Crippen molar-refractivity contribution in [2.75, 3.05) is 25.0 Å². The molecule has 0 bridgehead atoms. The highest BCUT2D eigenvalue weighted by atomic mass is 35.5. The van der Waals surface area contributed by atoms with Crippen LogP contribution in [0, 0.1) is 0 Å². The van der Waals surface area contributed by atoms with Gasteiger partial charge in [-0.25, -0.2) is 9.18 Å². The first-order chi connectivity index (χ1) is 10.5. The van der Waals surface area contributed by atoms with Gasteiger partial charge in [0.1, 0.15) is 6.17 Å². The fourth-order valence-corrected chi connectivity index (χ4v) is 3.06. The molecule has 2 aliphatic rings. The lowest BCUT2D eigenvalue weighted by Gasteiger charge is -2.34. The quantitative estimate of drug-likeness (QED) is 0.858. The summed E-state index contributed by atoms with van der Waals surface area (Å²) in [6.45, 7) is 1.05. The largest absolute Gasteiger partial charge is 0.465 e. The zero-order valence-electron chi connectivity index (χ0n) is 11.8. The minimum atomic E-state index is -1.19. The van der Waals surface area contributed by atoms with Crippen LogP contribution in [0.25, 0.3) is 0 Å². The number of anilines is 1. The van der Waals surface area contributed by atoms with Crippen molar-refractivity contribution in [3.05, 3.63) is 16.3 Å². The van der Waals surface area contributed by atoms with Crippen LogP contribution in [0.4, 0.5) is 15.0 Å². The molecule has 1 aromatic rings. The minimum Gasteiger partial charge on any atom is -0.465 e. The highest BCUT2D eigenvalue weighted by molar-refractivity contribution is 6.30. The number of nitrogens with zero attached hydrogens (tertiary/aromatic N) is 3. The van der Waals surface area contributed by atoms with Crippen molar-refractivity contribution < 1.29 is 19.0 Å². The summed E-state index contributed by atoms with van der Waals surface area (Å²) in [5.74, 6) is 0.534. The Hall–Kier alpha value is -1.67. The Balaban J connectivity index is 1.79. The van der Waals surface area contributed by atoms with Crippen molar-refractivity contribution in [1.82, 2.24) is 15.1 Å². The van der Waals surface area contributed by atoms with Crippen molar-refractivity contribution in [3.8, 4) is 0 Å². The number of alkyl halides is 1. The molecule has 0 spiro atoms. The van der Waals surface area contributed by atoms with Crippen molar-refractivity contribution >= 4 is 23.5 Å². The number of hydrogen-bond donors (Lipinski definition) is 2. The molecule has 120 valence electrons. The lowest BCUT2D eigenvalue weighted by atomic mass is 10.0. The van der Waals surface area contributed by atoms with E-state index < -0.39 is 12.3 Å². The molecule has 1 amide bonds. The van der Waals surface area contributed by atoms with Gasteiger partial charge < -0.3 is 20.1 Å². The van der Waals surface area contributed by atoms with Crippen LogP contribution in [0.1, 0.15) is 17.5 Å². The fraction of sp³-hybridized carbons (Fsp3) is 0.615. The van der Waals surface area contributed by atoms with Crippen LogP contribution < -0.4 is 5.32 Å². The molecule has 22 heavy (non-hydrogen) atoms. The average Bonchev–Trinajstić information content (AvgIpc) is 2.50. The Morgan fingerprint density at radius 1 is 1.41 bits per heavy atom. The fourth-order valence-electron chi connectivity index (χ4n) is 2.85. The lowest BCUT2D eigenvalue weighted by molar-refractivity contribution is 0.102. The number of fused-ring (bicyclic) bond motifs is 1. The van der Waals surface area contributed by atoms with Gasteiger partial charge in [0.2, 0.25) is 0 Å². The Bertz CT molecular complexity index is 589. The van der Waals surface area contributed by atoms with Gasteiger partial charge in [-0.2, -0.15) is 0 Å². The van der Waals surface area contributed by atoms with E-state index in [9.17, 15) is 9.18 Å². The first-order valence-electron chi connectivity index (χ1n) is 7.04. The number of likely N-dealkylation sites (tertiary alicyclic amines) is 1. The number of carboxylic acid groups (broad SMARTS) is 1. The Morgan fingerprint density at radius 2 is 2.23 bits per heavy atom. The molecule has 0 saturated carbocycles. The van der Waals surface area contributed by atoms with E-state index in [0.29, 0.717) is 30.6 Å². The number of carbonyl (C=O) groups is 1. The predicted octanol–water partition coefficient (Wildman–Crippen LogP) is 1.70. The predicted molar refractivity (Wildman–Crippen MR) is 76.9 cm³/mol. The van der Waals surface area contributed by atoms with Gasteiger partial charge in [0, 0.05) is 30.1 Å². The summed E-state index contributed by atoms with van der Waals surface area (Å²) < 4.78 is 19.1. The molecule has 1 fully saturated rings. The van der Waals surface area contributed by atoms with Crippen LogP contribution in [0.2, 0.25) is 5.15 Å². The average molecular weight is 331 g/mol. The normalized spacial score (nSPS) is 24.7. The lowest BCUT2D eigenvalue weighted by Crippen LogP contribution is -2.49. The van der Waals surface area contributed by atoms with Crippen LogP contribution in [0.15, 0.2) is 0 Å². The maximum absolute atomic E-state index is 13.7. The number of aromatic nitrogens is 2. The number of ether oxygens (including phenoxy) is 1. The SMILES string of the molecule is O=C(O)N1C[C@H](F)C[C@@H](Nc2nnc(Cl)c3c2CCOC3)C1. The van der Waals surface area contributed by atoms with E-state index in [-0.39, 0.29) is 25.6 Å². The van der Waals surface area contributed by atoms with E-state index in [1.807, 2.05) is 0 Å². The van der Waals surface area contributed by atoms with Gasteiger partial charge in [-0.05, 0) is 6.42 Å². The highest BCUT2D eigenvalue weighted by Gasteiger charge is 2.31. The van der Waals surface area contributed by atoms with Gasteiger partial charge in [-0.3, -0.25) is 0 Å². The van der Waals surface area contributed by atoms with Crippen LogP contribution in [0.3, 0.4) is 0 Å². The van der Waals surface area contributed by atoms with Crippen molar-refractivity contribution in [2.24, 2.45) is 0 Å². The summed E-state index contributed by atoms with van der Waals surface area (Å²) in [6.07, 6.45) is -1.44. The smallest absolute Gasteiger partial charge is 0.407 e. The Morgan fingerprint density at radius 3 is 3.00 bits per heavy atom. The second-order valence-electron chi connectivity index (χ2n) is 5.46. The van der Waals surface area contributed by atoms with Gasteiger partial charge in [0.25, 0.3) is 0 Å². The molecule has 7 nitrogen and oxygen atoms in total. The maximum atomic E-state index is 13.7. The van der Waals surface area contributed by atoms with Crippen molar-refractivity contribution in [3.63, 3.8) is 0 Å². The third-order valence-electron chi connectivity index (χ3n) is 3.89. The molecule has 2 atom stereocenters. The van der Waals surface area contributed by atoms with E-state index >= 15 is 0 Å². The monoisotopic (exact) mass is 330 g/mol. The van der Waals surface area contributed by atoms with Crippen LogP contribution in [0.5, 0.6) is 0 Å². The van der Waals surface area contributed by atoms with E-state index in [1.165, 1.54) is 0 Å². The van der Waals surface area contributed by atoms with Gasteiger partial charge in [0.15, 0.2) is 11.0 Å². The van der Waals surface area contributed by atoms with Gasteiger partial charge in [-0.15, -0.1) is 10.2 Å².